The molecule has 1 aliphatic heterocycles. The smallest absolute Gasteiger partial charge is 0.233 e. The van der Waals surface area contributed by atoms with Crippen molar-refractivity contribution in [1.82, 2.24) is 24.6 Å². The SMILES string of the molecule is CC(c1ccccc1)N1CCN(C(=O)CSc2nc(C3CC3)n(-c3ccccc3)n2)CC1. The Labute approximate surface area is 193 Å². The van der Waals surface area contributed by atoms with E-state index in [9.17, 15) is 4.79 Å². The number of benzene rings is 2. The number of nitrogens with zero attached hydrogens (tertiary/aromatic N) is 5. The molecule has 1 aliphatic carbocycles. The highest BCUT2D eigenvalue weighted by atomic mass is 32.2. The van der Waals surface area contributed by atoms with Gasteiger partial charge in [-0.1, -0.05) is 60.3 Å². The van der Waals surface area contributed by atoms with Crippen LogP contribution >= 0.6 is 11.8 Å². The van der Waals surface area contributed by atoms with Crippen LogP contribution in [0, 0.1) is 0 Å². The molecule has 5 rings (SSSR count). The summed E-state index contributed by atoms with van der Waals surface area (Å²) in [6.45, 7) is 5.60. The van der Waals surface area contributed by atoms with Crippen LogP contribution in [0.15, 0.2) is 65.8 Å². The fourth-order valence-electron chi connectivity index (χ4n) is 4.25. The number of hydrogen-bond acceptors (Lipinski definition) is 5. The fourth-order valence-corrected chi connectivity index (χ4v) is 4.98. The van der Waals surface area contributed by atoms with E-state index in [0.29, 0.717) is 22.9 Å². The van der Waals surface area contributed by atoms with Gasteiger partial charge >= 0.3 is 0 Å². The Morgan fingerprint density at radius 3 is 2.31 bits per heavy atom. The molecule has 2 aliphatic rings. The molecule has 3 aromatic rings. The van der Waals surface area contributed by atoms with Crippen molar-refractivity contribution in [2.45, 2.75) is 36.9 Å². The summed E-state index contributed by atoms with van der Waals surface area (Å²) in [5, 5.41) is 5.41. The second-order valence-electron chi connectivity index (χ2n) is 8.57. The van der Waals surface area contributed by atoms with E-state index >= 15 is 0 Å². The number of amides is 1. The molecule has 166 valence electrons. The molecule has 1 saturated carbocycles. The Morgan fingerprint density at radius 2 is 1.66 bits per heavy atom. The third-order valence-corrected chi connectivity index (χ3v) is 7.20. The molecule has 6 nitrogen and oxygen atoms in total. The van der Waals surface area contributed by atoms with E-state index in [1.54, 1.807) is 0 Å². The third kappa shape index (κ3) is 4.74. The summed E-state index contributed by atoms with van der Waals surface area (Å²) in [7, 11) is 0. The first kappa shape index (κ1) is 21.2. The lowest BCUT2D eigenvalue weighted by molar-refractivity contribution is -0.130. The molecular formula is C25H29N5OS. The van der Waals surface area contributed by atoms with Crippen LogP contribution < -0.4 is 0 Å². The summed E-state index contributed by atoms with van der Waals surface area (Å²) in [6.07, 6.45) is 2.33. The van der Waals surface area contributed by atoms with Crippen molar-refractivity contribution in [2.24, 2.45) is 0 Å². The van der Waals surface area contributed by atoms with E-state index in [1.807, 2.05) is 27.8 Å². The number of rotatable bonds is 7. The molecule has 0 spiro atoms. The van der Waals surface area contributed by atoms with Gasteiger partial charge in [-0.25, -0.2) is 9.67 Å². The van der Waals surface area contributed by atoms with Gasteiger partial charge in [-0.2, -0.15) is 0 Å². The minimum atomic E-state index is 0.172. The van der Waals surface area contributed by atoms with Gasteiger partial charge in [0, 0.05) is 38.1 Å². The summed E-state index contributed by atoms with van der Waals surface area (Å²) >= 11 is 1.45. The maximum Gasteiger partial charge on any atom is 0.233 e. The third-order valence-electron chi connectivity index (χ3n) is 6.38. The normalized spacial score (nSPS) is 18.0. The lowest BCUT2D eigenvalue weighted by Crippen LogP contribution is -2.49. The Balaban J connectivity index is 1.16. The topological polar surface area (TPSA) is 54.3 Å². The number of thioether (sulfide) groups is 1. The Bertz CT molecular complexity index is 1040. The van der Waals surface area contributed by atoms with Gasteiger partial charge in [0.2, 0.25) is 11.1 Å². The van der Waals surface area contributed by atoms with Crippen LogP contribution in [0.5, 0.6) is 0 Å². The standard InChI is InChI=1S/C25H29N5OS/c1-19(20-8-4-2-5-9-20)28-14-16-29(17-15-28)23(31)18-32-25-26-24(21-12-13-21)30(27-25)22-10-6-3-7-11-22/h2-11,19,21H,12-18H2,1H3. The number of piperazine rings is 1. The number of carbonyl (C=O) groups excluding carboxylic acids is 1. The molecule has 0 N–H and O–H groups in total. The van der Waals surface area contributed by atoms with E-state index in [4.69, 9.17) is 10.1 Å². The summed E-state index contributed by atoms with van der Waals surface area (Å²) in [5.41, 5.74) is 2.36. The van der Waals surface area contributed by atoms with Crippen LogP contribution in [0.3, 0.4) is 0 Å². The molecule has 1 atom stereocenters. The van der Waals surface area contributed by atoms with Gasteiger partial charge in [-0.15, -0.1) is 5.10 Å². The Morgan fingerprint density at radius 1 is 1.00 bits per heavy atom. The quantitative estimate of drug-likeness (QED) is 0.510. The lowest BCUT2D eigenvalue weighted by Gasteiger charge is -2.38. The first-order chi connectivity index (χ1) is 15.7. The van der Waals surface area contributed by atoms with E-state index in [0.717, 1.165) is 37.7 Å². The Hall–Kier alpha value is -2.64. The van der Waals surface area contributed by atoms with Gasteiger partial charge in [0.1, 0.15) is 5.82 Å². The molecule has 0 radical (unpaired) electrons. The Kier molecular flexibility index (Phi) is 6.28. The predicted molar refractivity (Wildman–Crippen MR) is 127 cm³/mol. The average Bonchev–Trinajstić information content (AvgIpc) is 3.62. The van der Waals surface area contributed by atoms with Crippen LogP contribution in [-0.2, 0) is 4.79 Å². The largest absolute Gasteiger partial charge is 0.339 e. The van der Waals surface area contributed by atoms with Crippen LogP contribution in [-0.4, -0.2) is 62.4 Å². The first-order valence-corrected chi connectivity index (χ1v) is 12.4. The minimum Gasteiger partial charge on any atom is -0.339 e. The number of aromatic nitrogens is 3. The molecule has 1 aromatic heterocycles. The van der Waals surface area contributed by atoms with E-state index in [1.165, 1.54) is 30.2 Å². The molecule has 7 heteroatoms. The van der Waals surface area contributed by atoms with E-state index in [-0.39, 0.29) is 5.91 Å². The highest BCUT2D eigenvalue weighted by molar-refractivity contribution is 7.99. The van der Waals surface area contributed by atoms with Gasteiger partial charge < -0.3 is 4.90 Å². The molecule has 32 heavy (non-hydrogen) atoms. The predicted octanol–water partition coefficient (Wildman–Crippen LogP) is 4.14. The first-order valence-electron chi connectivity index (χ1n) is 11.4. The maximum absolute atomic E-state index is 12.9. The van der Waals surface area contributed by atoms with Crippen LogP contribution in [0.25, 0.3) is 5.69 Å². The zero-order valence-corrected chi connectivity index (χ0v) is 19.2. The van der Waals surface area contributed by atoms with Crippen LogP contribution in [0.1, 0.15) is 43.1 Å². The van der Waals surface area contributed by atoms with Gasteiger partial charge in [0.15, 0.2) is 0 Å². The van der Waals surface area contributed by atoms with Crippen LogP contribution in [0.4, 0.5) is 0 Å². The minimum absolute atomic E-state index is 0.172. The molecule has 1 amide bonds. The zero-order chi connectivity index (χ0) is 21.9. The number of para-hydroxylation sites is 1. The zero-order valence-electron chi connectivity index (χ0n) is 18.4. The monoisotopic (exact) mass is 447 g/mol. The second-order valence-corrected chi connectivity index (χ2v) is 9.51. The molecule has 2 aromatic carbocycles. The fraction of sp³-hybridized carbons (Fsp3) is 0.400. The highest BCUT2D eigenvalue weighted by Crippen LogP contribution is 2.40. The molecule has 2 heterocycles. The maximum atomic E-state index is 12.9. The van der Waals surface area contributed by atoms with Crippen molar-refractivity contribution in [3.05, 3.63) is 72.1 Å². The molecule has 2 fully saturated rings. The molecule has 1 saturated heterocycles. The second kappa shape index (κ2) is 9.46. The summed E-state index contributed by atoms with van der Waals surface area (Å²) in [6, 6.07) is 21.1. The highest BCUT2D eigenvalue weighted by Gasteiger charge is 2.31. The average molecular weight is 448 g/mol. The van der Waals surface area contributed by atoms with Crippen LogP contribution in [0.2, 0.25) is 0 Å². The van der Waals surface area contributed by atoms with E-state index < -0.39 is 0 Å². The summed E-state index contributed by atoms with van der Waals surface area (Å²) in [4.78, 5) is 22.1. The number of hydrogen-bond donors (Lipinski definition) is 0. The van der Waals surface area contributed by atoms with Crippen molar-refractivity contribution < 1.29 is 4.79 Å². The van der Waals surface area contributed by atoms with Crippen molar-refractivity contribution in [1.29, 1.82) is 0 Å². The molecule has 1 unspecified atom stereocenters. The van der Waals surface area contributed by atoms with Gasteiger partial charge in [-0.3, -0.25) is 9.69 Å². The van der Waals surface area contributed by atoms with Crippen molar-refractivity contribution in [2.75, 3.05) is 31.9 Å². The lowest BCUT2D eigenvalue weighted by atomic mass is 10.1. The number of carbonyl (C=O) groups is 1. The van der Waals surface area contributed by atoms with Crippen molar-refractivity contribution >= 4 is 17.7 Å². The van der Waals surface area contributed by atoms with Gasteiger partial charge in [-0.05, 0) is 37.5 Å². The molecule has 0 bridgehead atoms. The summed E-state index contributed by atoms with van der Waals surface area (Å²) < 4.78 is 1.95. The van der Waals surface area contributed by atoms with Gasteiger partial charge in [0.05, 0.1) is 11.4 Å². The van der Waals surface area contributed by atoms with Crippen molar-refractivity contribution in [3.63, 3.8) is 0 Å². The van der Waals surface area contributed by atoms with Crippen molar-refractivity contribution in [3.8, 4) is 5.69 Å². The summed E-state index contributed by atoms with van der Waals surface area (Å²) in [5.74, 6) is 2.07. The van der Waals surface area contributed by atoms with Gasteiger partial charge in [0.25, 0.3) is 0 Å². The molecular weight excluding hydrogens is 418 g/mol. The van der Waals surface area contributed by atoms with E-state index in [2.05, 4.69) is 54.3 Å².